The lowest BCUT2D eigenvalue weighted by Gasteiger charge is -2.57. The Hall–Kier alpha value is -4.03. The number of nitrogens with zero attached hydrogens (tertiary/aromatic N) is 2. The number of methoxy groups -OCH3 is 2. The van der Waals surface area contributed by atoms with Crippen LogP contribution in [0.1, 0.15) is 47.8 Å². The molecule has 1 aromatic rings. The van der Waals surface area contributed by atoms with Crippen molar-refractivity contribution in [3.63, 3.8) is 0 Å². The summed E-state index contributed by atoms with van der Waals surface area (Å²) in [7, 11) is 4.38. The van der Waals surface area contributed by atoms with Crippen LogP contribution in [-0.2, 0) is 23.9 Å². The summed E-state index contributed by atoms with van der Waals surface area (Å²) in [5.41, 5.74) is 0.967. The number of ketones is 4. The van der Waals surface area contributed by atoms with Crippen LogP contribution in [0, 0.1) is 6.92 Å². The molecule has 5 rings (SSSR count). The summed E-state index contributed by atoms with van der Waals surface area (Å²) in [6.45, 7) is 4.10. The Labute approximate surface area is 230 Å². The smallest absolute Gasteiger partial charge is 0.287 e. The Morgan fingerprint density at radius 2 is 1.73 bits per heavy atom. The molecule has 40 heavy (non-hydrogen) atoms. The first-order chi connectivity index (χ1) is 18.9. The number of carbonyl (C=O) groups is 5. The zero-order valence-corrected chi connectivity index (χ0v) is 23.1. The van der Waals surface area contributed by atoms with Gasteiger partial charge >= 0.3 is 0 Å². The molecule has 0 saturated carbocycles. The summed E-state index contributed by atoms with van der Waals surface area (Å²) < 4.78 is 10.7. The van der Waals surface area contributed by atoms with E-state index in [4.69, 9.17) is 9.47 Å². The van der Waals surface area contributed by atoms with Gasteiger partial charge in [0.2, 0.25) is 11.6 Å². The van der Waals surface area contributed by atoms with E-state index in [-0.39, 0.29) is 81.7 Å². The third kappa shape index (κ3) is 3.62. The average Bonchev–Trinajstić information content (AvgIpc) is 2.91. The minimum absolute atomic E-state index is 0.00792. The maximum Gasteiger partial charge on any atom is 0.287 e. The molecule has 4 atom stereocenters. The molecular weight excluding hydrogens is 522 g/mol. The molecule has 3 aliphatic heterocycles. The number of benzene rings is 1. The van der Waals surface area contributed by atoms with Crippen LogP contribution in [-0.4, -0.2) is 102 Å². The number of carbonyl (C=O) groups excluding carboxylic acids is 5. The van der Waals surface area contributed by atoms with Gasteiger partial charge in [-0.3, -0.25) is 33.8 Å². The number of phenols is 2. The van der Waals surface area contributed by atoms with Gasteiger partial charge in [0.15, 0.2) is 28.8 Å². The Balaban J connectivity index is 1.72. The number of phenolic OH excluding ortho intramolecular Hbond substituents is 2. The Bertz CT molecular complexity index is 1470. The number of amides is 1. The summed E-state index contributed by atoms with van der Waals surface area (Å²) in [5, 5.41) is 24.9. The maximum atomic E-state index is 13.8. The van der Waals surface area contributed by atoms with Crippen LogP contribution in [0.25, 0.3) is 0 Å². The predicted molar refractivity (Wildman–Crippen MR) is 139 cm³/mol. The van der Waals surface area contributed by atoms with Gasteiger partial charge in [0, 0.05) is 53.9 Å². The maximum absolute atomic E-state index is 13.8. The molecule has 1 amide bonds. The number of aromatic hydroxyl groups is 2. The second kappa shape index (κ2) is 9.56. The average molecular weight is 554 g/mol. The first kappa shape index (κ1) is 27.5. The van der Waals surface area contributed by atoms with Crippen LogP contribution in [0.5, 0.6) is 17.2 Å². The zero-order chi connectivity index (χ0) is 29.4. The van der Waals surface area contributed by atoms with Crippen LogP contribution in [0.4, 0.5) is 0 Å². The van der Waals surface area contributed by atoms with Gasteiger partial charge in [-0.2, -0.15) is 0 Å². The summed E-state index contributed by atoms with van der Waals surface area (Å²) in [4.78, 5) is 68.6. The minimum Gasteiger partial charge on any atom is -0.507 e. The fourth-order valence-corrected chi connectivity index (χ4v) is 6.75. The van der Waals surface area contributed by atoms with E-state index < -0.39 is 47.4 Å². The molecule has 0 radical (unpaired) electrons. The van der Waals surface area contributed by atoms with Crippen molar-refractivity contribution in [3.05, 3.63) is 39.2 Å². The van der Waals surface area contributed by atoms with E-state index in [1.165, 1.54) is 21.1 Å². The first-order valence-corrected chi connectivity index (χ1v) is 12.9. The second-order valence-corrected chi connectivity index (χ2v) is 10.6. The first-order valence-electron chi connectivity index (χ1n) is 12.9. The van der Waals surface area contributed by atoms with Crippen molar-refractivity contribution in [2.45, 2.75) is 51.4 Å². The molecule has 1 aliphatic carbocycles. The Morgan fingerprint density at radius 1 is 1.05 bits per heavy atom. The number of nitrogens with one attached hydrogen (secondary N) is 1. The van der Waals surface area contributed by atoms with Gasteiger partial charge in [-0.1, -0.05) is 0 Å². The zero-order valence-electron chi connectivity index (χ0n) is 23.1. The third-order valence-electron chi connectivity index (χ3n) is 8.68. The fraction of sp³-hybridized carbons (Fsp3) is 0.464. The molecular formula is C28H31N3O9. The van der Waals surface area contributed by atoms with Crippen molar-refractivity contribution in [1.82, 2.24) is 15.1 Å². The van der Waals surface area contributed by atoms with E-state index in [0.29, 0.717) is 0 Å². The van der Waals surface area contributed by atoms with E-state index >= 15 is 0 Å². The number of hydrogen-bond acceptors (Lipinski definition) is 11. The molecule has 1 saturated heterocycles. The van der Waals surface area contributed by atoms with Gasteiger partial charge in [-0.15, -0.1) is 0 Å². The molecule has 0 aromatic heterocycles. The number of rotatable bonds is 5. The molecule has 12 nitrogen and oxygen atoms in total. The van der Waals surface area contributed by atoms with Crippen LogP contribution in [0.2, 0.25) is 0 Å². The summed E-state index contributed by atoms with van der Waals surface area (Å²) in [6, 6.07) is -2.89. The molecule has 3 heterocycles. The Morgan fingerprint density at radius 3 is 2.33 bits per heavy atom. The molecule has 0 spiro atoms. The van der Waals surface area contributed by atoms with Crippen LogP contribution in [0.15, 0.2) is 22.5 Å². The van der Waals surface area contributed by atoms with E-state index in [1.807, 2.05) is 4.90 Å². The molecule has 0 unspecified atom stereocenters. The highest BCUT2D eigenvalue weighted by Gasteiger charge is 2.56. The number of ether oxygens (including phenoxy) is 2. The van der Waals surface area contributed by atoms with E-state index in [1.54, 1.807) is 18.9 Å². The van der Waals surface area contributed by atoms with Crippen LogP contribution < -0.4 is 10.1 Å². The van der Waals surface area contributed by atoms with Gasteiger partial charge < -0.3 is 25.0 Å². The van der Waals surface area contributed by atoms with Crippen LogP contribution in [0.3, 0.4) is 0 Å². The van der Waals surface area contributed by atoms with E-state index in [2.05, 4.69) is 5.32 Å². The predicted octanol–water partition coefficient (Wildman–Crippen LogP) is 0.483. The van der Waals surface area contributed by atoms with Gasteiger partial charge in [0.1, 0.15) is 5.75 Å². The van der Waals surface area contributed by atoms with Crippen LogP contribution >= 0.6 is 0 Å². The topological polar surface area (TPSA) is 163 Å². The molecule has 12 heteroatoms. The van der Waals surface area contributed by atoms with Crippen molar-refractivity contribution >= 4 is 29.0 Å². The van der Waals surface area contributed by atoms with Gasteiger partial charge in [0.25, 0.3) is 5.91 Å². The minimum atomic E-state index is -0.872. The van der Waals surface area contributed by atoms with Crippen molar-refractivity contribution in [3.8, 4) is 17.2 Å². The molecule has 2 bridgehead atoms. The fourth-order valence-electron chi connectivity index (χ4n) is 6.75. The molecule has 1 aromatic carbocycles. The van der Waals surface area contributed by atoms with Gasteiger partial charge in [-0.05, 0) is 27.3 Å². The van der Waals surface area contributed by atoms with E-state index in [9.17, 15) is 34.2 Å². The Kier molecular flexibility index (Phi) is 6.58. The lowest BCUT2D eigenvalue weighted by Crippen LogP contribution is -2.68. The number of Topliss-reactive ketones (excluding diaryl/α,β-unsaturated/α-hetero) is 4. The number of likely N-dealkylation sites (N-methyl/N-ethyl adjacent to an activating group) is 1. The normalized spacial score (nSPS) is 26.3. The quantitative estimate of drug-likeness (QED) is 0.264. The SMILES string of the molecule is COC1=C(C)C(=O)C2=C(C1=O)[C@H](CNC(=O)C(C)=O)N1C[C@@H]3C(=O)c4c(O)c(C)c(OC)c(O)c4[C@H]([C@@H]1C2)N3C. The van der Waals surface area contributed by atoms with E-state index in [0.717, 1.165) is 6.92 Å². The van der Waals surface area contributed by atoms with Gasteiger partial charge in [-0.25, -0.2) is 0 Å². The highest BCUT2D eigenvalue weighted by molar-refractivity contribution is 6.35. The van der Waals surface area contributed by atoms with Crippen molar-refractivity contribution in [1.29, 1.82) is 0 Å². The highest BCUT2D eigenvalue weighted by Crippen LogP contribution is 2.54. The highest BCUT2D eigenvalue weighted by atomic mass is 16.5. The summed E-state index contributed by atoms with van der Waals surface area (Å²) >= 11 is 0. The molecule has 4 aliphatic rings. The number of piperazine rings is 1. The lowest BCUT2D eigenvalue weighted by molar-refractivity contribution is -0.137. The summed E-state index contributed by atoms with van der Waals surface area (Å²) in [5.74, 6) is -3.49. The molecule has 1 fully saturated rings. The number of fused-ring (bicyclic) bond motifs is 6. The monoisotopic (exact) mass is 553 g/mol. The third-order valence-corrected chi connectivity index (χ3v) is 8.68. The standard InChI is InChI=1S/C28H31N3O9/c1-10-21(33)13-7-14-20-18-19(22(34)11(2)27(40-6)25(18)37)23(35)16(30(20)4)9-31(14)15(8-29-28(38)12(3)32)17(13)24(36)26(10)39-5/h14-16,20,34,37H,7-9H2,1-6H3,(H,29,38)/t14-,15-,16+,20-/m0/s1. The summed E-state index contributed by atoms with van der Waals surface area (Å²) in [6.07, 6.45) is 0.0944. The molecule has 3 N–H and O–H groups in total. The van der Waals surface area contributed by atoms with Crippen molar-refractivity contribution < 1.29 is 43.7 Å². The van der Waals surface area contributed by atoms with Gasteiger partial charge in [0.05, 0.1) is 37.9 Å². The van der Waals surface area contributed by atoms with Crippen molar-refractivity contribution in [2.24, 2.45) is 0 Å². The number of hydrogen-bond donors (Lipinski definition) is 3. The number of allylic oxidation sites excluding steroid dienone is 2. The molecule has 212 valence electrons. The largest absolute Gasteiger partial charge is 0.507 e. The van der Waals surface area contributed by atoms with Crippen molar-refractivity contribution in [2.75, 3.05) is 34.4 Å². The lowest BCUT2D eigenvalue weighted by atomic mass is 9.71. The second-order valence-electron chi connectivity index (χ2n) is 10.6.